The lowest BCUT2D eigenvalue weighted by molar-refractivity contribution is -0.119. The Bertz CT molecular complexity index is 537. The maximum Gasteiger partial charge on any atom is 0.227 e. The lowest BCUT2D eigenvalue weighted by atomic mass is 9.99. The van der Waals surface area contributed by atoms with E-state index in [1.807, 2.05) is 0 Å². The highest BCUT2D eigenvalue weighted by molar-refractivity contribution is 5.93. The third-order valence-corrected chi connectivity index (χ3v) is 4.57. The Hall–Kier alpha value is -1.95. The second kappa shape index (κ2) is 7.55. The predicted octanol–water partition coefficient (Wildman–Crippen LogP) is 2.19. The van der Waals surface area contributed by atoms with Gasteiger partial charge in [0.25, 0.3) is 0 Å². The van der Waals surface area contributed by atoms with Gasteiger partial charge >= 0.3 is 0 Å². The molecule has 1 fully saturated rings. The summed E-state index contributed by atoms with van der Waals surface area (Å²) in [4.78, 5) is 14.2. The average molecular weight is 322 g/mol. The standard InChI is InChI=1S/C17H26N2O4/c1-19(16(20)8-11-6-5-7-13(11)18)12-9-14(21-2)17(23-4)15(10-12)22-3/h9-11,13H,5-8,18H2,1-4H3/t11-,13+/m0/s1. The van der Waals surface area contributed by atoms with Crippen LogP contribution in [-0.2, 0) is 4.79 Å². The van der Waals surface area contributed by atoms with E-state index in [1.165, 1.54) is 0 Å². The molecule has 2 rings (SSSR count). The fourth-order valence-corrected chi connectivity index (χ4v) is 3.09. The van der Waals surface area contributed by atoms with Crippen molar-refractivity contribution < 1.29 is 19.0 Å². The molecule has 6 heteroatoms. The number of hydrogen-bond donors (Lipinski definition) is 1. The van der Waals surface area contributed by atoms with Gasteiger partial charge in [-0.3, -0.25) is 4.79 Å². The van der Waals surface area contributed by atoms with E-state index in [9.17, 15) is 4.79 Å². The first-order valence-corrected chi connectivity index (χ1v) is 7.84. The van der Waals surface area contributed by atoms with Crippen LogP contribution in [0, 0.1) is 5.92 Å². The minimum Gasteiger partial charge on any atom is -0.493 e. The number of hydrogen-bond acceptors (Lipinski definition) is 5. The molecule has 1 aromatic carbocycles. The van der Waals surface area contributed by atoms with Gasteiger partial charge in [0.1, 0.15) is 0 Å². The number of ether oxygens (including phenoxy) is 3. The molecule has 2 atom stereocenters. The summed E-state index contributed by atoms with van der Waals surface area (Å²) in [6.07, 6.45) is 3.60. The van der Waals surface area contributed by atoms with E-state index in [0.717, 1.165) is 19.3 Å². The van der Waals surface area contributed by atoms with Gasteiger partial charge in [0.15, 0.2) is 11.5 Å². The zero-order valence-corrected chi connectivity index (χ0v) is 14.3. The third kappa shape index (κ3) is 3.69. The molecule has 0 radical (unpaired) electrons. The van der Waals surface area contributed by atoms with Gasteiger partial charge in [0, 0.05) is 31.6 Å². The molecule has 0 spiro atoms. The van der Waals surface area contributed by atoms with Crippen LogP contribution in [-0.4, -0.2) is 40.3 Å². The Kier molecular flexibility index (Phi) is 5.71. The molecule has 2 N–H and O–H groups in total. The Balaban J connectivity index is 2.20. The summed E-state index contributed by atoms with van der Waals surface area (Å²) < 4.78 is 16.0. The van der Waals surface area contributed by atoms with Crippen LogP contribution in [0.2, 0.25) is 0 Å². The third-order valence-electron chi connectivity index (χ3n) is 4.57. The summed E-state index contributed by atoms with van der Waals surface area (Å²) in [5.74, 6) is 1.88. The van der Waals surface area contributed by atoms with Crippen molar-refractivity contribution in [3.63, 3.8) is 0 Å². The van der Waals surface area contributed by atoms with E-state index in [2.05, 4.69) is 0 Å². The molecule has 0 unspecified atom stereocenters. The summed E-state index contributed by atoms with van der Waals surface area (Å²) in [7, 11) is 6.42. The topological polar surface area (TPSA) is 74.0 Å². The van der Waals surface area contributed by atoms with Crippen LogP contribution < -0.4 is 24.8 Å². The molecule has 0 heterocycles. The highest BCUT2D eigenvalue weighted by Crippen LogP contribution is 2.41. The Morgan fingerprint density at radius 1 is 1.17 bits per heavy atom. The number of anilines is 1. The lowest BCUT2D eigenvalue weighted by Crippen LogP contribution is -2.33. The highest BCUT2D eigenvalue weighted by atomic mass is 16.5. The van der Waals surface area contributed by atoms with E-state index in [-0.39, 0.29) is 17.9 Å². The number of carbonyl (C=O) groups is 1. The van der Waals surface area contributed by atoms with Crippen LogP contribution in [0.1, 0.15) is 25.7 Å². The van der Waals surface area contributed by atoms with Gasteiger partial charge in [0.05, 0.1) is 27.0 Å². The molecular weight excluding hydrogens is 296 g/mol. The molecule has 0 aromatic heterocycles. The number of methoxy groups -OCH3 is 3. The van der Waals surface area contributed by atoms with Crippen LogP contribution in [0.3, 0.4) is 0 Å². The van der Waals surface area contributed by atoms with Crippen molar-refractivity contribution in [3.05, 3.63) is 12.1 Å². The second-order valence-electron chi connectivity index (χ2n) is 5.90. The molecule has 1 aliphatic rings. The van der Waals surface area contributed by atoms with E-state index in [1.54, 1.807) is 45.4 Å². The monoisotopic (exact) mass is 322 g/mol. The minimum atomic E-state index is 0.0432. The maximum atomic E-state index is 12.6. The van der Waals surface area contributed by atoms with E-state index < -0.39 is 0 Å². The van der Waals surface area contributed by atoms with Gasteiger partial charge in [-0.05, 0) is 18.8 Å². The number of nitrogens with two attached hydrogens (primary N) is 1. The van der Waals surface area contributed by atoms with Gasteiger partial charge in [-0.15, -0.1) is 0 Å². The molecule has 6 nitrogen and oxygen atoms in total. The maximum absolute atomic E-state index is 12.6. The Labute approximate surface area is 137 Å². The molecule has 1 aromatic rings. The fraction of sp³-hybridized carbons (Fsp3) is 0.588. The molecule has 0 aliphatic heterocycles. The van der Waals surface area contributed by atoms with Crippen molar-refractivity contribution >= 4 is 11.6 Å². The van der Waals surface area contributed by atoms with Gasteiger partial charge in [0.2, 0.25) is 11.7 Å². The minimum absolute atomic E-state index is 0.0432. The molecule has 0 saturated heterocycles. The van der Waals surface area contributed by atoms with Crippen molar-refractivity contribution in [2.45, 2.75) is 31.7 Å². The fourth-order valence-electron chi connectivity index (χ4n) is 3.09. The largest absolute Gasteiger partial charge is 0.493 e. The molecule has 1 aliphatic carbocycles. The molecule has 1 saturated carbocycles. The highest BCUT2D eigenvalue weighted by Gasteiger charge is 2.28. The summed E-state index contributed by atoms with van der Waals surface area (Å²) in [6.45, 7) is 0. The first-order chi connectivity index (χ1) is 11.0. The quantitative estimate of drug-likeness (QED) is 0.869. The van der Waals surface area contributed by atoms with Crippen molar-refractivity contribution in [2.24, 2.45) is 11.7 Å². The van der Waals surface area contributed by atoms with Gasteiger partial charge in [-0.1, -0.05) is 6.42 Å². The number of carbonyl (C=O) groups excluding carboxylic acids is 1. The van der Waals surface area contributed by atoms with Gasteiger partial charge < -0.3 is 24.8 Å². The first kappa shape index (κ1) is 17.4. The zero-order valence-electron chi connectivity index (χ0n) is 14.3. The SMILES string of the molecule is COc1cc(N(C)C(=O)C[C@@H]2CCC[C@H]2N)cc(OC)c1OC. The smallest absolute Gasteiger partial charge is 0.227 e. The van der Waals surface area contributed by atoms with Crippen LogP contribution in [0.15, 0.2) is 12.1 Å². The lowest BCUT2D eigenvalue weighted by Gasteiger charge is -2.23. The predicted molar refractivity (Wildman–Crippen MR) is 89.4 cm³/mol. The van der Waals surface area contributed by atoms with E-state index >= 15 is 0 Å². The van der Waals surface area contributed by atoms with Crippen molar-refractivity contribution in [2.75, 3.05) is 33.3 Å². The zero-order chi connectivity index (χ0) is 17.0. The van der Waals surface area contributed by atoms with Crippen LogP contribution in [0.5, 0.6) is 17.2 Å². The molecule has 128 valence electrons. The number of amides is 1. The normalized spacial score (nSPS) is 20.2. The van der Waals surface area contributed by atoms with Crippen LogP contribution >= 0.6 is 0 Å². The molecular formula is C17H26N2O4. The number of nitrogens with zero attached hydrogens (tertiary/aromatic N) is 1. The van der Waals surface area contributed by atoms with E-state index in [0.29, 0.717) is 29.4 Å². The summed E-state index contributed by atoms with van der Waals surface area (Å²) in [5.41, 5.74) is 6.77. The van der Waals surface area contributed by atoms with Crippen molar-refractivity contribution in [1.82, 2.24) is 0 Å². The van der Waals surface area contributed by atoms with Crippen LogP contribution in [0.25, 0.3) is 0 Å². The van der Waals surface area contributed by atoms with E-state index in [4.69, 9.17) is 19.9 Å². The first-order valence-electron chi connectivity index (χ1n) is 7.84. The van der Waals surface area contributed by atoms with Crippen LogP contribution in [0.4, 0.5) is 5.69 Å². The molecule has 1 amide bonds. The van der Waals surface area contributed by atoms with Crippen molar-refractivity contribution in [3.8, 4) is 17.2 Å². The Morgan fingerprint density at radius 2 is 1.78 bits per heavy atom. The van der Waals surface area contributed by atoms with Crippen molar-refractivity contribution in [1.29, 1.82) is 0 Å². The Morgan fingerprint density at radius 3 is 2.22 bits per heavy atom. The number of benzene rings is 1. The second-order valence-corrected chi connectivity index (χ2v) is 5.90. The van der Waals surface area contributed by atoms with Gasteiger partial charge in [-0.25, -0.2) is 0 Å². The number of rotatable bonds is 6. The molecule has 23 heavy (non-hydrogen) atoms. The molecule has 0 bridgehead atoms. The average Bonchev–Trinajstić information content (AvgIpc) is 2.97. The van der Waals surface area contributed by atoms with Gasteiger partial charge in [-0.2, -0.15) is 0 Å². The summed E-state index contributed by atoms with van der Waals surface area (Å²) in [5, 5.41) is 0. The summed E-state index contributed by atoms with van der Waals surface area (Å²) in [6, 6.07) is 3.68. The summed E-state index contributed by atoms with van der Waals surface area (Å²) >= 11 is 0.